The highest BCUT2D eigenvalue weighted by molar-refractivity contribution is 5.13. The Labute approximate surface area is 115 Å². The van der Waals surface area contributed by atoms with Gasteiger partial charge < -0.3 is 19.7 Å². The SMILES string of the molecule is Cc1ccc(C(C)(O)CNC2CCN(C)CC2C)o1. The summed E-state index contributed by atoms with van der Waals surface area (Å²) in [7, 11) is 2.16. The van der Waals surface area contributed by atoms with Crippen molar-refractivity contribution in [1.29, 1.82) is 0 Å². The monoisotopic (exact) mass is 266 g/mol. The number of nitrogens with one attached hydrogen (secondary N) is 1. The summed E-state index contributed by atoms with van der Waals surface area (Å²) in [5.41, 5.74) is -0.947. The molecule has 4 heteroatoms. The molecule has 0 spiro atoms. The lowest BCUT2D eigenvalue weighted by atomic mass is 9.93. The zero-order valence-corrected chi connectivity index (χ0v) is 12.4. The summed E-state index contributed by atoms with van der Waals surface area (Å²) in [6.45, 7) is 8.71. The number of furan rings is 1. The predicted octanol–water partition coefficient (Wildman–Crippen LogP) is 1.73. The Balaban J connectivity index is 1.91. The lowest BCUT2D eigenvalue weighted by Gasteiger charge is -2.36. The van der Waals surface area contributed by atoms with E-state index in [1.165, 1.54) is 0 Å². The molecule has 0 aliphatic carbocycles. The molecule has 0 radical (unpaired) electrons. The van der Waals surface area contributed by atoms with E-state index in [2.05, 4.69) is 24.2 Å². The summed E-state index contributed by atoms with van der Waals surface area (Å²) >= 11 is 0. The second-order valence-corrected chi connectivity index (χ2v) is 6.20. The molecule has 3 atom stereocenters. The molecule has 1 aromatic heterocycles. The number of piperidine rings is 1. The lowest BCUT2D eigenvalue weighted by molar-refractivity contribution is 0.0254. The number of hydrogen-bond donors (Lipinski definition) is 2. The molecule has 0 bridgehead atoms. The van der Waals surface area contributed by atoms with Crippen LogP contribution in [0.25, 0.3) is 0 Å². The molecule has 2 N–H and O–H groups in total. The third-order valence-corrected chi connectivity index (χ3v) is 4.09. The maximum absolute atomic E-state index is 10.5. The fraction of sp³-hybridized carbons (Fsp3) is 0.733. The Morgan fingerprint density at radius 3 is 2.84 bits per heavy atom. The van der Waals surface area contributed by atoms with E-state index in [-0.39, 0.29) is 0 Å². The van der Waals surface area contributed by atoms with Gasteiger partial charge in [0.15, 0.2) is 0 Å². The smallest absolute Gasteiger partial charge is 0.136 e. The van der Waals surface area contributed by atoms with Crippen molar-refractivity contribution in [2.45, 2.75) is 38.8 Å². The average Bonchev–Trinajstić information content (AvgIpc) is 2.75. The quantitative estimate of drug-likeness (QED) is 0.871. The van der Waals surface area contributed by atoms with E-state index in [0.29, 0.717) is 24.3 Å². The molecule has 1 saturated heterocycles. The van der Waals surface area contributed by atoms with Crippen LogP contribution in [0.3, 0.4) is 0 Å². The summed E-state index contributed by atoms with van der Waals surface area (Å²) < 4.78 is 5.53. The highest BCUT2D eigenvalue weighted by Gasteiger charge is 2.30. The largest absolute Gasteiger partial charge is 0.463 e. The van der Waals surface area contributed by atoms with Crippen LogP contribution in [0.2, 0.25) is 0 Å². The van der Waals surface area contributed by atoms with Gasteiger partial charge >= 0.3 is 0 Å². The summed E-state index contributed by atoms with van der Waals surface area (Å²) in [5.74, 6) is 2.08. The molecule has 1 aromatic rings. The second kappa shape index (κ2) is 5.65. The van der Waals surface area contributed by atoms with Crippen molar-refractivity contribution in [3.63, 3.8) is 0 Å². The third-order valence-electron chi connectivity index (χ3n) is 4.09. The Morgan fingerprint density at radius 2 is 2.26 bits per heavy atom. The van der Waals surface area contributed by atoms with Gasteiger partial charge in [-0.05, 0) is 51.9 Å². The first-order valence-corrected chi connectivity index (χ1v) is 7.10. The van der Waals surface area contributed by atoms with Gasteiger partial charge in [0.25, 0.3) is 0 Å². The highest BCUT2D eigenvalue weighted by Crippen LogP contribution is 2.23. The van der Waals surface area contributed by atoms with E-state index in [9.17, 15) is 5.11 Å². The molecule has 3 unspecified atom stereocenters. The number of rotatable bonds is 4. The first-order valence-electron chi connectivity index (χ1n) is 7.10. The van der Waals surface area contributed by atoms with E-state index in [0.717, 1.165) is 25.3 Å². The molecule has 4 nitrogen and oxygen atoms in total. The standard InChI is InChI=1S/C15H26N2O2/c1-11-9-17(4)8-7-13(11)16-10-15(3,18)14-6-5-12(2)19-14/h5-6,11,13,16,18H,7-10H2,1-4H3. The summed E-state index contributed by atoms with van der Waals surface area (Å²) in [6, 6.07) is 4.22. The Bertz CT molecular complexity index is 414. The van der Waals surface area contributed by atoms with Crippen molar-refractivity contribution < 1.29 is 9.52 Å². The van der Waals surface area contributed by atoms with Crippen LogP contribution in [-0.4, -0.2) is 42.7 Å². The van der Waals surface area contributed by atoms with Gasteiger partial charge in [-0.1, -0.05) is 6.92 Å². The van der Waals surface area contributed by atoms with Crippen molar-refractivity contribution in [3.05, 3.63) is 23.7 Å². The van der Waals surface area contributed by atoms with E-state index in [1.54, 1.807) is 6.92 Å². The molecule has 0 amide bonds. The van der Waals surface area contributed by atoms with Gasteiger partial charge in [0.05, 0.1) is 0 Å². The van der Waals surface area contributed by atoms with Crippen molar-refractivity contribution in [1.82, 2.24) is 10.2 Å². The fourth-order valence-electron chi connectivity index (χ4n) is 2.80. The predicted molar refractivity (Wildman–Crippen MR) is 76.1 cm³/mol. The number of aliphatic hydroxyl groups is 1. The van der Waals surface area contributed by atoms with Crippen LogP contribution >= 0.6 is 0 Å². The molecule has 19 heavy (non-hydrogen) atoms. The molecule has 1 aliphatic heterocycles. The molecule has 0 aromatic carbocycles. The summed E-state index contributed by atoms with van der Waals surface area (Å²) in [6.07, 6.45) is 1.13. The van der Waals surface area contributed by atoms with Gasteiger partial charge in [-0.2, -0.15) is 0 Å². The van der Waals surface area contributed by atoms with E-state index in [1.807, 2.05) is 19.1 Å². The van der Waals surface area contributed by atoms with Crippen molar-refractivity contribution in [3.8, 4) is 0 Å². The van der Waals surface area contributed by atoms with Crippen LogP contribution in [-0.2, 0) is 5.60 Å². The topological polar surface area (TPSA) is 48.6 Å². The van der Waals surface area contributed by atoms with Crippen molar-refractivity contribution in [2.75, 3.05) is 26.7 Å². The van der Waals surface area contributed by atoms with Crippen LogP contribution in [0.4, 0.5) is 0 Å². The van der Waals surface area contributed by atoms with Gasteiger partial charge in [-0.25, -0.2) is 0 Å². The van der Waals surface area contributed by atoms with Crippen LogP contribution in [0.5, 0.6) is 0 Å². The van der Waals surface area contributed by atoms with Gasteiger partial charge in [0, 0.05) is 19.1 Å². The van der Waals surface area contributed by atoms with Crippen LogP contribution < -0.4 is 5.32 Å². The average molecular weight is 266 g/mol. The molecule has 2 heterocycles. The Hall–Kier alpha value is -0.840. The van der Waals surface area contributed by atoms with E-state index in [4.69, 9.17) is 4.42 Å². The van der Waals surface area contributed by atoms with Crippen molar-refractivity contribution >= 4 is 0 Å². The van der Waals surface area contributed by atoms with E-state index >= 15 is 0 Å². The summed E-state index contributed by atoms with van der Waals surface area (Å²) in [4.78, 5) is 2.36. The van der Waals surface area contributed by atoms with Gasteiger partial charge in [0.1, 0.15) is 17.1 Å². The van der Waals surface area contributed by atoms with Crippen LogP contribution in [0.1, 0.15) is 31.8 Å². The molecule has 2 rings (SSSR count). The molecule has 1 aliphatic rings. The minimum absolute atomic E-state index is 0.471. The Kier molecular flexibility index (Phi) is 4.33. The fourth-order valence-corrected chi connectivity index (χ4v) is 2.80. The second-order valence-electron chi connectivity index (χ2n) is 6.20. The Morgan fingerprint density at radius 1 is 1.53 bits per heavy atom. The number of hydrogen-bond acceptors (Lipinski definition) is 4. The molecule has 1 fully saturated rings. The molecular formula is C15H26N2O2. The number of nitrogens with zero attached hydrogens (tertiary/aromatic N) is 1. The molecule has 0 saturated carbocycles. The van der Waals surface area contributed by atoms with Crippen molar-refractivity contribution in [2.24, 2.45) is 5.92 Å². The number of aryl methyl sites for hydroxylation is 1. The molecule has 108 valence electrons. The van der Waals surface area contributed by atoms with Crippen LogP contribution in [0.15, 0.2) is 16.5 Å². The zero-order valence-electron chi connectivity index (χ0n) is 12.4. The summed E-state index contributed by atoms with van der Waals surface area (Å²) in [5, 5.41) is 14.0. The minimum Gasteiger partial charge on any atom is -0.463 e. The normalized spacial score (nSPS) is 28.3. The highest BCUT2D eigenvalue weighted by atomic mass is 16.4. The van der Waals surface area contributed by atoms with Gasteiger partial charge in [-0.3, -0.25) is 0 Å². The maximum atomic E-state index is 10.5. The minimum atomic E-state index is -0.947. The van der Waals surface area contributed by atoms with Crippen LogP contribution in [0, 0.1) is 12.8 Å². The first kappa shape index (κ1) is 14.6. The molecular weight excluding hydrogens is 240 g/mol. The zero-order chi connectivity index (χ0) is 14.0. The number of likely N-dealkylation sites (tertiary alicyclic amines) is 1. The first-order chi connectivity index (χ1) is 8.88. The van der Waals surface area contributed by atoms with E-state index < -0.39 is 5.60 Å². The lowest BCUT2D eigenvalue weighted by Crippen LogP contribution is -2.50. The van der Waals surface area contributed by atoms with Gasteiger partial charge in [-0.15, -0.1) is 0 Å². The third kappa shape index (κ3) is 3.59. The van der Waals surface area contributed by atoms with Gasteiger partial charge in [0.2, 0.25) is 0 Å². The maximum Gasteiger partial charge on any atom is 0.136 e.